The second kappa shape index (κ2) is 8.97. The summed E-state index contributed by atoms with van der Waals surface area (Å²) in [5.74, 6) is 0.388. The summed E-state index contributed by atoms with van der Waals surface area (Å²) in [6.07, 6.45) is 4.38. The first kappa shape index (κ1) is 20.2. The van der Waals surface area contributed by atoms with E-state index in [0.717, 1.165) is 11.9 Å². The largest absolute Gasteiger partial charge is 0.407 e. The summed E-state index contributed by atoms with van der Waals surface area (Å²) in [4.78, 5) is 0. The lowest BCUT2D eigenvalue weighted by Gasteiger charge is -2.43. The zero-order valence-corrected chi connectivity index (χ0v) is 18.3. The lowest BCUT2D eigenvalue weighted by atomic mass is 10.2. The lowest BCUT2D eigenvalue weighted by molar-refractivity contribution is 0.268. The van der Waals surface area contributed by atoms with Gasteiger partial charge >= 0.3 is 0 Å². The minimum atomic E-state index is -2.40. The number of alkyl halides is 1. The van der Waals surface area contributed by atoms with Crippen LogP contribution in [0.5, 0.6) is 0 Å². The Labute approximate surface area is 162 Å². The summed E-state index contributed by atoms with van der Waals surface area (Å²) in [6.45, 7) is 9.91. The van der Waals surface area contributed by atoms with E-state index in [1.54, 1.807) is 0 Å². The number of rotatable bonds is 7. The van der Waals surface area contributed by atoms with Crippen molar-refractivity contribution in [2.24, 2.45) is 5.92 Å². The van der Waals surface area contributed by atoms with Gasteiger partial charge in [-0.2, -0.15) is 0 Å². The maximum atomic E-state index is 6.90. The monoisotopic (exact) mass is 416 g/mol. The van der Waals surface area contributed by atoms with Crippen LogP contribution in [0.4, 0.5) is 0 Å². The van der Waals surface area contributed by atoms with E-state index in [1.165, 1.54) is 10.4 Å². The van der Waals surface area contributed by atoms with Crippen LogP contribution < -0.4 is 10.4 Å². The number of benzene rings is 2. The van der Waals surface area contributed by atoms with E-state index in [4.69, 9.17) is 4.43 Å². The third-order valence-electron chi connectivity index (χ3n) is 4.53. The Morgan fingerprint density at radius 3 is 1.84 bits per heavy atom. The molecule has 0 aliphatic rings. The fraction of sp³-hybridized carbons (Fsp3) is 0.364. The molecule has 0 N–H and O–H groups in total. The van der Waals surface area contributed by atoms with Gasteiger partial charge in [0.05, 0.1) is 0 Å². The van der Waals surface area contributed by atoms with Crippen molar-refractivity contribution in [2.45, 2.75) is 32.7 Å². The van der Waals surface area contributed by atoms with E-state index in [1.807, 2.05) is 0 Å². The highest BCUT2D eigenvalue weighted by Gasteiger charge is 2.50. The van der Waals surface area contributed by atoms with Gasteiger partial charge in [-0.05, 0) is 21.3 Å². The molecular formula is C22H29BrOSi. The van der Waals surface area contributed by atoms with Gasteiger partial charge in [-0.15, -0.1) is 0 Å². The van der Waals surface area contributed by atoms with Crippen LogP contribution in [0.2, 0.25) is 5.04 Å². The average molecular weight is 417 g/mol. The maximum absolute atomic E-state index is 6.90. The molecule has 0 bridgehead atoms. The maximum Gasteiger partial charge on any atom is 0.261 e. The molecule has 0 fully saturated rings. The predicted octanol–water partition coefficient (Wildman–Crippen LogP) is 5.15. The van der Waals surface area contributed by atoms with E-state index >= 15 is 0 Å². The summed E-state index contributed by atoms with van der Waals surface area (Å²) in [6, 6.07) is 21.6. The SMILES string of the molecule is C[C@@H](/C=C/CBr)CO[Si](c1ccccc1)(c1ccccc1)C(C)(C)C. The Morgan fingerprint density at radius 2 is 1.44 bits per heavy atom. The standard InChI is InChI=1S/C22H29BrOSi/c1-19(12-11-17-23)18-24-25(22(2,3)4,20-13-7-5-8-14-20)21-15-9-6-10-16-21/h5-16,19H,17-18H2,1-4H3/b12-11+/t19-/m0/s1. The highest BCUT2D eigenvalue weighted by atomic mass is 79.9. The first-order chi connectivity index (χ1) is 11.9. The van der Waals surface area contributed by atoms with E-state index < -0.39 is 8.32 Å². The highest BCUT2D eigenvalue weighted by molar-refractivity contribution is 9.09. The first-order valence-corrected chi connectivity index (χ1v) is 11.9. The third kappa shape index (κ3) is 4.72. The Hall–Kier alpha value is -1.16. The minimum absolute atomic E-state index is 0.0363. The molecule has 2 aromatic carbocycles. The smallest absolute Gasteiger partial charge is 0.261 e. The quantitative estimate of drug-likeness (QED) is 0.344. The molecule has 0 spiro atoms. The van der Waals surface area contributed by atoms with Gasteiger partial charge in [-0.25, -0.2) is 0 Å². The molecule has 0 amide bonds. The summed E-state index contributed by atoms with van der Waals surface area (Å²) in [7, 11) is -2.40. The van der Waals surface area contributed by atoms with Gasteiger partial charge in [0.2, 0.25) is 0 Å². The van der Waals surface area contributed by atoms with Crippen molar-refractivity contribution in [3.63, 3.8) is 0 Å². The van der Waals surface area contributed by atoms with Gasteiger partial charge in [0, 0.05) is 11.9 Å². The number of hydrogen-bond donors (Lipinski definition) is 0. The normalized spacial score (nSPS) is 14.0. The Morgan fingerprint density at radius 1 is 0.960 bits per heavy atom. The lowest BCUT2D eigenvalue weighted by Crippen LogP contribution is -2.66. The zero-order chi connectivity index (χ0) is 18.3. The minimum Gasteiger partial charge on any atom is -0.407 e. The predicted molar refractivity (Wildman–Crippen MR) is 116 cm³/mol. The van der Waals surface area contributed by atoms with Gasteiger partial charge in [0.15, 0.2) is 0 Å². The van der Waals surface area contributed by atoms with E-state index in [2.05, 4.69) is 116 Å². The molecule has 2 rings (SSSR count). The molecule has 1 nitrogen and oxygen atoms in total. The molecule has 0 aromatic heterocycles. The summed E-state index contributed by atoms with van der Waals surface area (Å²) in [5, 5.41) is 3.60. The van der Waals surface area contributed by atoms with Gasteiger partial charge in [0.1, 0.15) is 0 Å². The van der Waals surface area contributed by atoms with Gasteiger partial charge in [-0.1, -0.05) is 116 Å². The summed E-state index contributed by atoms with van der Waals surface area (Å²) < 4.78 is 6.90. The van der Waals surface area contributed by atoms with E-state index in [0.29, 0.717) is 5.92 Å². The van der Waals surface area contributed by atoms with E-state index in [-0.39, 0.29) is 5.04 Å². The molecule has 0 saturated carbocycles. The van der Waals surface area contributed by atoms with Gasteiger partial charge in [0.25, 0.3) is 8.32 Å². The van der Waals surface area contributed by atoms with Crippen molar-refractivity contribution in [2.75, 3.05) is 11.9 Å². The molecule has 25 heavy (non-hydrogen) atoms. The molecule has 0 unspecified atom stereocenters. The van der Waals surface area contributed by atoms with Crippen LogP contribution in [0.3, 0.4) is 0 Å². The molecule has 0 saturated heterocycles. The van der Waals surface area contributed by atoms with Crippen LogP contribution in [-0.2, 0) is 4.43 Å². The summed E-state index contributed by atoms with van der Waals surface area (Å²) >= 11 is 3.45. The van der Waals surface area contributed by atoms with Gasteiger partial charge < -0.3 is 4.43 Å². The first-order valence-electron chi connectivity index (χ1n) is 8.89. The van der Waals surface area contributed by atoms with E-state index in [9.17, 15) is 0 Å². The second-order valence-corrected chi connectivity index (χ2v) is 12.5. The van der Waals surface area contributed by atoms with Crippen LogP contribution in [-0.4, -0.2) is 20.3 Å². The third-order valence-corrected chi connectivity index (χ3v) is 9.91. The Bertz CT molecular complexity index is 622. The van der Waals surface area contributed by atoms with Crippen LogP contribution >= 0.6 is 15.9 Å². The van der Waals surface area contributed by atoms with Crippen LogP contribution in [0.25, 0.3) is 0 Å². The van der Waals surface area contributed by atoms with Crippen molar-refractivity contribution < 1.29 is 4.43 Å². The van der Waals surface area contributed by atoms with Crippen LogP contribution in [0, 0.1) is 5.92 Å². The molecule has 0 aliphatic carbocycles. The van der Waals surface area contributed by atoms with Crippen LogP contribution in [0.15, 0.2) is 72.8 Å². The average Bonchev–Trinajstić information content (AvgIpc) is 2.61. The summed E-state index contributed by atoms with van der Waals surface area (Å²) in [5.41, 5.74) is 0. The Balaban J connectivity index is 2.51. The molecule has 1 atom stereocenters. The van der Waals surface area contributed by atoms with Crippen molar-refractivity contribution in [3.05, 3.63) is 72.8 Å². The molecule has 134 valence electrons. The zero-order valence-electron chi connectivity index (χ0n) is 15.7. The number of allylic oxidation sites excluding steroid dienone is 1. The van der Waals surface area contributed by atoms with Crippen molar-refractivity contribution in [1.82, 2.24) is 0 Å². The van der Waals surface area contributed by atoms with Crippen molar-refractivity contribution >= 4 is 34.6 Å². The topological polar surface area (TPSA) is 9.23 Å². The highest BCUT2D eigenvalue weighted by Crippen LogP contribution is 2.37. The van der Waals surface area contributed by atoms with Gasteiger partial charge in [-0.3, -0.25) is 0 Å². The molecule has 3 heteroatoms. The number of halogens is 1. The Kier molecular flexibility index (Phi) is 7.23. The van der Waals surface area contributed by atoms with Crippen LogP contribution in [0.1, 0.15) is 27.7 Å². The molecule has 2 aromatic rings. The molecular weight excluding hydrogens is 388 g/mol. The molecule has 0 aliphatic heterocycles. The fourth-order valence-corrected chi connectivity index (χ4v) is 8.24. The van der Waals surface area contributed by atoms with Crippen molar-refractivity contribution in [1.29, 1.82) is 0 Å². The molecule has 0 heterocycles. The molecule has 0 radical (unpaired) electrons. The van der Waals surface area contributed by atoms with Crippen molar-refractivity contribution in [3.8, 4) is 0 Å². The second-order valence-electron chi connectivity index (χ2n) is 7.53. The number of hydrogen-bond acceptors (Lipinski definition) is 1. The fourth-order valence-electron chi connectivity index (χ4n) is 3.36.